The first-order valence-corrected chi connectivity index (χ1v) is 9.22. The van der Waals surface area contributed by atoms with Crippen LogP contribution >= 0.6 is 9.24 Å². The molecule has 126 valence electrons. The summed E-state index contributed by atoms with van der Waals surface area (Å²) in [5.41, 5.74) is 0.828. The molecule has 1 atom stereocenters. The molecule has 6 heteroatoms. The molecule has 2 aromatic carbocycles. The normalized spacial score (nSPS) is 11.5. The van der Waals surface area contributed by atoms with E-state index >= 15 is 0 Å². The van der Waals surface area contributed by atoms with Gasteiger partial charge in [0.25, 0.3) is 0 Å². The summed E-state index contributed by atoms with van der Waals surface area (Å²) >= 11 is 0. The predicted molar refractivity (Wildman–Crippen MR) is 96.7 cm³/mol. The molecule has 0 aliphatic carbocycles. The van der Waals surface area contributed by atoms with E-state index in [1.54, 1.807) is 12.1 Å². The monoisotopic (exact) mass is 354 g/mol. The van der Waals surface area contributed by atoms with Crippen LogP contribution in [0.3, 0.4) is 0 Å². The lowest BCUT2D eigenvalue weighted by Crippen LogP contribution is -2.22. The molecule has 0 radical (unpaired) electrons. The largest absolute Gasteiger partial charge is 0.744 e. The summed E-state index contributed by atoms with van der Waals surface area (Å²) in [6.07, 6.45) is 0. The molecule has 2 rings (SSSR count). The maximum Gasteiger partial charge on any atom is 0.124 e. The molecule has 0 heterocycles. The van der Waals surface area contributed by atoms with Crippen LogP contribution in [0.5, 0.6) is 5.75 Å². The summed E-state index contributed by atoms with van der Waals surface area (Å²) in [7, 11) is -2.39. The third-order valence-corrected chi connectivity index (χ3v) is 3.98. The Hall–Kier alpha value is -1.42. The number of benzene rings is 2. The predicted octanol–water partition coefficient (Wildman–Crippen LogP) is 3.00. The first kappa shape index (κ1) is 19.6. The van der Waals surface area contributed by atoms with Crippen LogP contribution in [-0.4, -0.2) is 18.6 Å². The number of ether oxygens (including phenoxy) is 1. The molecule has 0 saturated heterocycles. The fraction of sp³-hybridized carbons (Fsp3) is 0.294. The molecule has 0 aliphatic heterocycles. The van der Waals surface area contributed by atoms with E-state index in [2.05, 4.69) is 32.9 Å². The lowest BCUT2D eigenvalue weighted by molar-refractivity contribution is 0.131. The highest BCUT2D eigenvalue weighted by Crippen LogP contribution is 2.16. The Morgan fingerprint density at radius 3 is 1.83 bits per heavy atom. The fourth-order valence-corrected chi connectivity index (χ4v) is 2.32. The molecule has 0 bridgehead atoms. The van der Waals surface area contributed by atoms with Crippen LogP contribution in [0.15, 0.2) is 53.4 Å². The lowest BCUT2D eigenvalue weighted by atomic mass is 10.2. The Bertz CT molecular complexity index is 715. The first-order valence-electron chi connectivity index (χ1n) is 7.11. The maximum absolute atomic E-state index is 10.4. The van der Waals surface area contributed by atoms with E-state index in [-0.39, 0.29) is 10.5 Å². The first-order chi connectivity index (χ1) is 10.5. The van der Waals surface area contributed by atoms with E-state index in [4.69, 9.17) is 4.74 Å². The molecule has 0 amide bonds. The highest BCUT2D eigenvalue weighted by Gasteiger charge is 2.11. The standard InChI is InChI=1S/C10H15OP.C7H8O3S/c1-10(2,3)11-8-4-6-9(12)7-5-8;1-6-2-4-7(5-3-6)11(8,9)10/h4-7H,12H2,1-3H3;2-5H,1H3,(H,8,9,10). The van der Waals surface area contributed by atoms with Gasteiger partial charge in [0.2, 0.25) is 0 Å². The molecule has 0 spiro atoms. The smallest absolute Gasteiger partial charge is 0.124 e. The van der Waals surface area contributed by atoms with Crippen molar-refractivity contribution in [1.82, 2.24) is 0 Å². The van der Waals surface area contributed by atoms with E-state index in [9.17, 15) is 13.0 Å². The summed E-state index contributed by atoms with van der Waals surface area (Å²) in [4.78, 5) is -0.178. The molecule has 2 aromatic rings. The van der Waals surface area contributed by atoms with Crippen molar-refractivity contribution in [1.29, 1.82) is 0 Å². The Kier molecular flexibility index (Phi) is 6.75. The maximum atomic E-state index is 10.4. The SMILES string of the molecule is CC(C)(C)Oc1ccc([PH3+])cc1.Cc1ccc(S(=O)(=O)[O-])cc1. The van der Waals surface area contributed by atoms with Crippen LogP contribution < -0.4 is 10.0 Å². The van der Waals surface area contributed by atoms with Crippen molar-refractivity contribution in [2.75, 3.05) is 0 Å². The molecule has 23 heavy (non-hydrogen) atoms. The van der Waals surface area contributed by atoms with E-state index < -0.39 is 10.1 Å². The van der Waals surface area contributed by atoms with Gasteiger partial charge in [-0.15, -0.1) is 0 Å². The van der Waals surface area contributed by atoms with Gasteiger partial charge in [0, 0.05) is 9.24 Å². The summed E-state index contributed by atoms with van der Waals surface area (Å²) in [6, 6.07) is 13.9. The number of hydrogen-bond donors (Lipinski definition) is 0. The lowest BCUT2D eigenvalue weighted by Gasteiger charge is -2.20. The van der Waals surface area contributed by atoms with Crippen LogP contribution in [-0.2, 0) is 10.1 Å². The van der Waals surface area contributed by atoms with E-state index in [0.29, 0.717) is 0 Å². The fourth-order valence-electron chi connectivity index (χ4n) is 1.62. The third-order valence-electron chi connectivity index (χ3n) is 2.66. The van der Waals surface area contributed by atoms with Crippen molar-refractivity contribution in [3.05, 3.63) is 54.1 Å². The van der Waals surface area contributed by atoms with Crippen LogP contribution in [0.25, 0.3) is 0 Å². The third kappa shape index (κ3) is 8.12. The highest BCUT2D eigenvalue weighted by molar-refractivity contribution is 7.85. The van der Waals surface area contributed by atoms with Gasteiger partial charge in [-0.3, -0.25) is 0 Å². The van der Waals surface area contributed by atoms with Gasteiger partial charge < -0.3 is 9.29 Å². The number of aryl methyl sites for hydroxylation is 1. The van der Waals surface area contributed by atoms with Gasteiger partial charge in [-0.1, -0.05) is 17.7 Å². The molecule has 0 saturated carbocycles. The van der Waals surface area contributed by atoms with E-state index in [1.807, 2.05) is 28.3 Å². The Morgan fingerprint density at radius 2 is 1.43 bits per heavy atom. The second kappa shape index (κ2) is 7.91. The van der Waals surface area contributed by atoms with Crippen LogP contribution in [0, 0.1) is 6.92 Å². The van der Waals surface area contributed by atoms with Gasteiger partial charge in [-0.2, -0.15) is 0 Å². The summed E-state index contributed by atoms with van der Waals surface area (Å²) in [5, 5.41) is 1.29. The van der Waals surface area contributed by atoms with Gasteiger partial charge in [0.15, 0.2) is 0 Å². The summed E-state index contributed by atoms with van der Waals surface area (Å²) < 4.78 is 36.8. The van der Waals surface area contributed by atoms with Crippen LogP contribution in [0.1, 0.15) is 26.3 Å². The number of hydrogen-bond acceptors (Lipinski definition) is 4. The van der Waals surface area contributed by atoms with Crippen molar-refractivity contribution in [2.24, 2.45) is 0 Å². The molecular formula is C17H23O4PS. The van der Waals surface area contributed by atoms with E-state index in [0.717, 1.165) is 11.3 Å². The van der Waals surface area contributed by atoms with Crippen molar-refractivity contribution in [2.45, 2.75) is 38.2 Å². The summed E-state index contributed by atoms with van der Waals surface area (Å²) in [5.74, 6) is 0.943. The Morgan fingerprint density at radius 1 is 0.957 bits per heavy atom. The molecule has 0 fully saturated rings. The van der Waals surface area contributed by atoms with Crippen molar-refractivity contribution < 1.29 is 17.7 Å². The van der Waals surface area contributed by atoms with Gasteiger partial charge >= 0.3 is 0 Å². The van der Waals surface area contributed by atoms with Gasteiger partial charge in [0.1, 0.15) is 21.5 Å². The highest BCUT2D eigenvalue weighted by atomic mass is 32.2. The van der Waals surface area contributed by atoms with Crippen molar-refractivity contribution >= 4 is 24.7 Å². The average Bonchev–Trinajstić information content (AvgIpc) is 2.40. The van der Waals surface area contributed by atoms with E-state index in [1.165, 1.54) is 17.4 Å². The minimum atomic E-state index is -4.27. The van der Waals surface area contributed by atoms with Crippen molar-refractivity contribution in [3.8, 4) is 5.75 Å². The zero-order valence-electron chi connectivity index (χ0n) is 13.9. The van der Waals surface area contributed by atoms with Gasteiger partial charge in [0.05, 0.1) is 10.2 Å². The average molecular weight is 354 g/mol. The molecule has 1 unspecified atom stereocenters. The zero-order chi connectivity index (χ0) is 17.7. The van der Waals surface area contributed by atoms with Gasteiger partial charge in [-0.25, -0.2) is 8.42 Å². The number of rotatable bonds is 2. The minimum Gasteiger partial charge on any atom is -0.744 e. The Balaban J connectivity index is 0.000000231. The quantitative estimate of drug-likeness (QED) is 0.614. The minimum absolute atomic E-state index is 0.0997. The van der Waals surface area contributed by atoms with Crippen LogP contribution in [0.2, 0.25) is 0 Å². The van der Waals surface area contributed by atoms with Crippen molar-refractivity contribution in [3.63, 3.8) is 0 Å². The van der Waals surface area contributed by atoms with Crippen LogP contribution in [0.4, 0.5) is 0 Å². The molecule has 0 aliphatic rings. The molecule has 0 N–H and O–H groups in total. The second-order valence-electron chi connectivity index (χ2n) is 6.13. The Labute approximate surface area is 140 Å². The molecule has 4 nitrogen and oxygen atoms in total. The molecule has 0 aromatic heterocycles. The second-order valence-corrected chi connectivity index (χ2v) is 8.32. The van der Waals surface area contributed by atoms with Gasteiger partial charge in [-0.05, 0) is 64.1 Å². The zero-order valence-corrected chi connectivity index (χ0v) is 16.1. The molecular weight excluding hydrogens is 331 g/mol. The topological polar surface area (TPSA) is 66.4 Å². The summed E-state index contributed by atoms with van der Waals surface area (Å²) in [6.45, 7) is 7.97.